The number of nitrogen functional groups attached to an aromatic ring is 1. The summed E-state index contributed by atoms with van der Waals surface area (Å²) in [5, 5.41) is 0.924. The smallest absolute Gasteiger partial charge is 0.266 e. The predicted octanol–water partition coefficient (Wildman–Crippen LogP) is 2.67. The lowest BCUT2D eigenvalue weighted by Crippen LogP contribution is -2.35. The Morgan fingerprint density at radius 2 is 2.37 bits per heavy atom. The van der Waals surface area contributed by atoms with Crippen LogP contribution in [0, 0.1) is 0 Å². The Hall–Kier alpha value is -1.88. The normalized spacial score (nSPS) is 15.6. The molecule has 0 radical (unpaired) electrons. The molecule has 0 aliphatic carbocycles. The summed E-state index contributed by atoms with van der Waals surface area (Å²) in [6.45, 7) is 3.52. The van der Waals surface area contributed by atoms with Gasteiger partial charge in [0.05, 0.1) is 10.4 Å². The Balaban J connectivity index is 1.98. The van der Waals surface area contributed by atoms with E-state index in [1.54, 1.807) is 12.4 Å². The van der Waals surface area contributed by atoms with Crippen LogP contribution < -0.4 is 5.73 Å². The highest BCUT2D eigenvalue weighted by Gasteiger charge is 2.23. The fourth-order valence-corrected chi connectivity index (χ4v) is 3.42. The largest absolute Gasteiger partial charge is 0.397 e. The molecule has 2 aromatic rings. The number of fused-ring (bicyclic) bond motifs is 1. The minimum atomic E-state index is 0.0335. The standard InChI is InChI=1S/C14H15N3OS/c1-9-3-2-6-17(8-9)14(18)13-12(15)10-4-5-16-7-11(10)19-13/h3-5,7H,2,6,8,15H2,1H3. The van der Waals surface area contributed by atoms with Crippen molar-refractivity contribution in [2.75, 3.05) is 18.8 Å². The van der Waals surface area contributed by atoms with Crippen molar-refractivity contribution >= 4 is 33.0 Å². The summed E-state index contributed by atoms with van der Waals surface area (Å²) in [5.41, 5.74) is 7.92. The number of amides is 1. The highest BCUT2D eigenvalue weighted by atomic mass is 32.1. The van der Waals surface area contributed by atoms with E-state index in [1.165, 1.54) is 16.9 Å². The van der Waals surface area contributed by atoms with Crippen molar-refractivity contribution in [3.63, 3.8) is 0 Å². The minimum Gasteiger partial charge on any atom is -0.397 e. The number of hydrogen-bond donors (Lipinski definition) is 1. The minimum absolute atomic E-state index is 0.0335. The number of aromatic nitrogens is 1. The van der Waals surface area contributed by atoms with E-state index in [4.69, 9.17) is 5.73 Å². The fraction of sp³-hybridized carbons (Fsp3) is 0.286. The van der Waals surface area contributed by atoms with Gasteiger partial charge in [-0.05, 0) is 19.4 Å². The molecule has 1 aliphatic rings. The zero-order valence-electron chi connectivity index (χ0n) is 10.7. The van der Waals surface area contributed by atoms with Gasteiger partial charge in [-0.3, -0.25) is 9.78 Å². The summed E-state index contributed by atoms with van der Waals surface area (Å²) in [7, 11) is 0. The average Bonchev–Trinajstić information content (AvgIpc) is 2.76. The van der Waals surface area contributed by atoms with Crippen LogP contribution in [-0.2, 0) is 0 Å². The maximum Gasteiger partial charge on any atom is 0.266 e. The lowest BCUT2D eigenvalue weighted by molar-refractivity contribution is 0.0772. The molecule has 4 nitrogen and oxygen atoms in total. The van der Waals surface area contributed by atoms with Crippen molar-refractivity contribution in [3.05, 3.63) is 35.0 Å². The summed E-state index contributed by atoms with van der Waals surface area (Å²) in [6.07, 6.45) is 6.56. The molecular formula is C14H15N3OS. The van der Waals surface area contributed by atoms with E-state index in [0.29, 0.717) is 17.1 Å². The molecule has 0 fully saturated rings. The molecule has 0 aromatic carbocycles. The van der Waals surface area contributed by atoms with Gasteiger partial charge in [0.1, 0.15) is 4.88 Å². The fourth-order valence-electron chi connectivity index (χ4n) is 2.36. The maximum absolute atomic E-state index is 12.5. The maximum atomic E-state index is 12.5. The lowest BCUT2D eigenvalue weighted by Gasteiger charge is -2.25. The van der Waals surface area contributed by atoms with Crippen molar-refractivity contribution in [3.8, 4) is 0 Å². The van der Waals surface area contributed by atoms with E-state index in [-0.39, 0.29) is 5.91 Å². The topological polar surface area (TPSA) is 59.2 Å². The number of rotatable bonds is 1. The van der Waals surface area contributed by atoms with Gasteiger partial charge in [-0.15, -0.1) is 11.3 Å². The average molecular weight is 273 g/mol. The Bertz CT molecular complexity index is 674. The van der Waals surface area contributed by atoms with E-state index >= 15 is 0 Å². The Kier molecular flexibility index (Phi) is 2.98. The van der Waals surface area contributed by atoms with Crippen molar-refractivity contribution in [2.45, 2.75) is 13.3 Å². The summed E-state index contributed by atoms with van der Waals surface area (Å²) < 4.78 is 0.965. The monoisotopic (exact) mass is 273 g/mol. The van der Waals surface area contributed by atoms with E-state index in [1.807, 2.05) is 11.0 Å². The predicted molar refractivity (Wildman–Crippen MR) is 78.3 cm³/mol. The van der Waals surface area contributed by atoms with Gasteiger partial charge in [0.15, 0.2) is 0 Å². The van der Waals surface area contributed by atoms with Gasteiger partial charge in [0.2, 0.25) is 0 Å². The van der Waals surface area contributed by atoms with E-state index in [2.05, 4.69) is 18.0 Å². The van der Waals surface area contributed by atoms with Crippen molar-refractivity contribution < 1.29 is 4.79 Å². The van der Waals surface area contributed by atoms with Gasteiger partial charge >= 0.3 is 0 Å². The molecule has 0 unspecified atom stereocenters. The molecule has 0 saturated heterocycles. The zero-order valence-corrected chi connectivity index (χ0v) is 11.5. The molecule has 0 spiro atoms. The van der Waals surface area contributed by atoms with Gasteiger partial charge < -0.3 is 10.6 Å². The molecule has 3 rings (SSSR count). The van der Waals surface area contributed by atoms with Gasteiger partial charge in [-0.25, -0.2) is 0 Å². The van der Waals surface area contributed by atoms with Gasteiger partial charge in [-0.2, -0.15) is 0 Å². The molecule has 3 heterocycles. The quantitative estimate of drug-likeness (QED) is 0.813. The highest BCUT2D eigenvalue weighted by molar-refractivity contribution is 7.21. The molecule has 2 N–H and O–H groups in total. The Labute approximate surface area is 115 Å². The van der Waals surface area contributed by atoms with Crippen LogP contribution in [0.15, 0.2) is 30.1 Å². The zero-order chi connectivity index (χ0) is 13.4. The van der Waals surface area contributed by atoms with Crippen LogP contribution in [-0.4, -0.2) is 28.9 Å². The third kappa shape index (κ3) is 2.10. The number of hydrogen-bond acceptors (Lipinski definition) is 4. The molecule has 98 valence electrons. The molecule has 1 amide bonds. The number of anilines is 1. The van der Waals surface area contributed by atoms with Crippen LogP contribution in [0.3, 0.4) is 0 Å². The van der Waals surface area contributed by atoms with Crippen molar-refractivity contribution in [2.24, 2.45) is 0 Å². The second-order valence-corrected chi connectivity index (χ2v) is 5.83. The molecule has 1 aliphatic heterocycles. The third-order valence-electron chi connectivity index (χ3n) is 3.34. The van der Waals surface area contributed by atoms with Crippen LogP contribution in [0.2, 0.25) is 0 Å². The van der Waals surface area contributed by atoms with E-state index in [9.17, 15) is 4.79 Å². The second-order valence-electron chi connectivity index (χ2n) is 4.78. The van der Waals surface area contributed by atoms with Crippen LogP contribution >= 0.6 is 11.3 Å². The molecule has 2 aromatic heterocycles. The first-order chi connectivity index (χ1) is 9.16. The lowest BCUT2D eigenvalue weighted by atomic mass is 10.1. The number of thiophene rings is 1. The molecule has 0 bridgehead atoms. The molecule has 5 heteroatoms. The van der Waals surface area contributed by atoms with Gasteiger partial charge in [0, 0.05) is 30.9 Å². The summed E-state index contributed by atoms with van der Waals surface area (Å²) in [4.78, 5) is 19.1. The van der Waals surface area contributed by atoms with Crippen molar-refractivity contribution in [1.82, 2.24) is 9.88 Å². The van der Waals surface area contributed by atoms with Crippen LogP contribution in [0.1, 0.15) is 23.0 Å². The Morgan fingerprint density at radius 1 is 1.53 bits per heavy atom. The van der Waals surface area contributed by atoms with Gasteiger partial charge in [-0.1, -0.05) is 11.6 Å². The Morgan fingerprint density at radius 3 is 3.11 bits per heavy atom. The SMILES string of the molecule is CC1=CCCN(C(=O)c2sc3cnccc3c2N)C1. The van der Waals surface area contributed by atoms with Crippen LogP contribution in [0.25, 0.3) is 10.1 Å². The van der Waals surface area contributed by atoms with E-state index in [0.717, 1.165) is 23.1 Å². The first kappa shape index (κ1) is 12.2. The second kappa shape index (κ2) is 4.66. The first-order valence-corrected chi connectivity index (χ1v) is 7.05. The number of carbonyl (C=O) groups is 1. The molecule has 0 saturated carbocycles. The first-order valence-electron chi connectivity index (χ1n) is 6.23. The molecule has 0 atom stereocenters. The highest BCUT2D eigenvalue weighted by Crippen LogP contribution is 2.34. The van der Waals surface area contributed by atoms with E-state index < -0.39 is 0 Å². The number of nitrogens with two attached hydrogens (primary N) is 1. The van der Waals surface area contributed by atoms with Gasteiger partial charge in [0.25, 0.3) is 5.91 Å². The van der Waals surface area contributed by atoms with Crippen LogP contribution in [0.4, 0.5) is 5.69 Å². The van der Waals surface area contributed by atoms with Crippen molar-refractivity contribution in [1.29, 1.82) is 0 Å². The molecular weight excluding hydrogens is 258 g/mol. The van der Waals surface area contributed by atoms with Crippen LogP contribution in [0.5, 0.6) is 0 Å². The summed E-state index contributed by atoms with van der Waals surface area (Å²) in [6, 6.07) is 1.86. The number of nitrogens with zero attached hydrogens (tertiary/aromatic N) is 2. The molecule has 19 heavy (non-hydrogen) atoms. The third-order valence-corrected chi connectivity index (χ3v) is 4.49. The summed E-state index contributed by atoms with van der Waals surface area (Å²) >= 11 is 1.43. The number of carbonyl (C=O) groups excluding carboxylic acids is 1. The number of pyridine rings is 1. The summed E-state index contributed by atoms with van der Waals surface area (Å²) in [5.74, 6) is 0.0335.